The fraction of sp³-hybridized carbons (Fsp3) is 0.857. The van der Waals surface area contributed by atoms with Gasteiger partial charge in [0, 0.05) is 0 Å². The summed E-state index contributed by atoms with van der Waals surface area (Å²) in [4.78, 5) is 10.6. The molecule has 0 unspecified atom stereocenters. The number of hydrazine groups is 1. The number of nitrogens with one attached hydrogen (secondary N) is 1. The van der Waals surface area contributed by atoms with Gasteiger partial charge in [-0.2, -0.15) is 0 Å². The average molecular weight is 158 g/mol. The third kappa shape index (κ3) is 2.86. The molecule has 11 heavy (non-hydrogen) atoms. The summed E-state index contributed by atoms with van der Waals surface area (Å²) in [5.41, 5.74) is 2.06. The SMILES string of the molecule is NNC(=O)CCOC1CCC1. The molecule has 0 atom stereocenters. The summed E-state index contributed by atoms with van der Waals surface area (Å²) in [5, 5.41) is 0. The highest BCUT2D eigenvalue weighted by Gasteiger charge is 2.17. The van der Waals surface area contributed by atoms with Crippen molar-refractivity contribution in [2.45, 2.75) is 31.8 Å². The predicted octanol–water partition coefficient (Wildman–Crippen LogP) is -0.0645. The van der Waals surface area contributed by atoms with Crippen LogP contribution in [0.1, 0.15) is 25.7 Å². The highest BCUT2D eigenvalue weighted by atomic mass is 16.5. The van der Waals surface area contributed by atoms with Crippen molar-refractivity contribution in [2.75, 3.05) is 6.61 Å². The molecule has 0 aromatic rings. The smallest absolute Gasteiger partial charge is 0.236 e. The van der Waals surface area contributed by atoms with Crippen molar-refractivity contribution in [1.29, 1.82) is 0 Å². The lowest BCUT2D eigenvalue weighted by Gasteiger charge is -2.25. The minimum absolute atomic E-state index is 0.163. The van der Waals surface area contributed by atoms with E-state index >= 15 is 0 Å². The van der Waals surface area contributed by atoms with Crippen molar-refractivity contribution < 1.29 is 9.53 Å². The van der Waals surface area contributed by atoms with Gasteiger partial charge in [0.25, 0.3) is 0 Å². The molecule has 1 fully saturated rings. The van der Waals surface area contributed by atoms with Crippen molar-refractivity contribution in [3.63, 3.8) is 0 Å². The van der Waals surface area contributed by atoms with Gasteiger partial charge < -0.3 is 4.74 Å². The number of rotatable bonds is 4. The highest BCUT2D eigenvalue weighted by Crippen LogP contribution is 2.21. The van der Waals surface area contributed by atoms with Gasteiger partial charge in [0.05, 0.1) is 19.1 Å². The molecule has 4 nitrogen and oxygen atoms in total. The number of nitrogens with two attached hydrogens (primary N) is 1. The second-order valence-electron chi connectivity index (χ2n) is 2.74. The summed E-state index contributed by atoms with van der Waals surface area (Å²) < 4.78 is 5.33. The Bertz CT molecular complexity index is 134. The van der Waals surface area contributed by atoms with E-state index in [1.807, 2.05) is 0 Å². The number of hydrogen-bond acceptors (Lipinski definition) is 3. The fourth-order valence-electron chi connectivity index (χ4n) is 0.928. The molecule has 1 amide bonds. The van der Waals surface area contributed by atoms with Crippen molar-refractivity contribution in [3.8, 4) is 0 Å². The Hall–Kier alpha value is -0.610. The minimum atomic E-state index is -0.163. The Labute approximate surface area is 66.1 Å². The van der Waals surface area contributed by atoms with Crippen LogP contribution in [0.15, 0.2) is 0 Å². The molecule has 1 aliphatic rings. The molecule has 64 valence electrons. The monoisotopic (exact) mass is 158 g/mol. The zero-order valence-corrected chi connectivity index (χ0v) is 6.51. The van der Waals surface area contributed by atoms with Gasteiger partial charge >= 0.3 is 0 Å². The molecule has 0 aromatic heterocycles. The Kier molecular flexibility index (Phi) is 3.32. The van der Waals surface area contributed by atoms with Gasteiger partial charge in [0.2, 0.25) is 5.91 Å². The van der Waals surface area contributed by atoms with Crippen LogP contribution in [0.25, 0.3) is 0 Å². The molecule has 0 radical (unpaired) electrons. The van der Waals surface area contributed by atoms with Crippen LogP contribution in [-0.2, 0) is 9.53 Å². The molecule has 1 saturated carbocycles. The summed E-state index contributed by atoms with van der Waals surface area (Å²) in [6.45, 7) is 0.494. The summed E-state index contributed by atoms with van der Waals surface area (Å²) in [6, 6.07) is 0. The van der Waals surface area contributed by atoms with Crippen LogP contribution in [-0.4, -0.2) is 18.6 Å². The Morgan fingerprint density at radius 3 is 2.82 bits per heavy atom. The second kappa shape index (κ2) is 4.31. The zero-order valence-electron chi connectivity index (χ0n) is 6.51. The zero-order chi connectivity index (χ0) is 8.10. The van der Waals surface area contributed by atoms with E-state index in [2.05, 4.69) is 5.43 Å². The molecular formula is C7H14N2O2. The van der Waals surface area contributed by atoms with Crippen LogP contribution in [0, 0.1) is 0 Å². The lowest BCUT2D eigenvalue weighted by Crippen LogP contribution is -2.31. The van der Waals surface area contributed by atoms with Gasteiger partial charge in [0.15, 0.2) is 0 Å². The molecule has 0 spiro atoms. The van der Waals surface area contributed by atoms with Crippen molar-refractivity contribution in [2.24, 2.45) is 5.84 Å². The van der Waals surface area contributed by atoms with E-state index in [0.717, 1.165) is 12.8 Å². The van der Waals surface area contributed by atoms with Crippen LogP contribution in [0.3, 0.4) is 0 Å². The fourth-order valence-corrected chi connectivity index (χ4v) is 0.928. The minimum Gasteiger partial charge on any atom is -0.378 e. The van der Waals surface area contributed by atoms with Crippen molar-refractivity contribution in [1.82, 2.24) is 5.43 Å². The molecular weight excluding hydrogens is 144 g/mol. The van der Waals surface area contributed by atoms with E-state index in [1.165, 1.54) is 6.42 Å². The van der Waals surface area contributed by atoms with Gasteiger partial charge in [0.1, 0.15) is 0 Å². The first-order valence-corrected chi connectivity index (χ1v) is 3.94. The van der Waals surface area contributed by atoms with Crippen molar-refractivity contribution in [3.05, 3.63) is 0 Å². The molecule has 0 heterocycles. The lowest BCUT2D eigenvalue weighted by molar-refractivity contribution is -0.123. The molecule has 1 aliphatic carbocycles. The summed E-state index contributed by atoms with van der Waals surface area (Å²) in [6.07, 6.45) is 4.32. The molecule has 0 aromatic carbocycles. The number of carbonyl (C=O) groups excluding carboxylic acids is 1. The summed E-state index contributed by atoms with van der Waals surface area (Å²) in [7, 11) is 0. The van der Waals surface area contributed by atoms with Crippen LogP contribution in [0.2, 0.25) is 0 Å². The first kappa shape index (κ1) is 8.49. The van der Waals surface area contributed by atoms with Gasteiger partial charge in [-0.3, -0.25) is 10.2 Å². The number of carbonyl (C=O) groups is 1. The van der Waals surface area contributed by atoms with Crippen molar-refractivity contribution >= 4 is 5.91 Å². The van der Waals surface area contributed by atoms with Crippen LogP contribution >= 0.6 is 0 Å². The molecule has 1 rings (SSSR count). The highest BCUT2D eigenvalue weighted by molar-refractivity contribution is 5.75. The third-order valence-electron chi connectivity index (χ3n) is 1.90. The van der Waals surface area contributed by atoms with E-state index in [4.69, 9.17) is 10.6 Å². The Morgan fingerprint density at radius 1 is 1.64 bits per heavy atom. The topological polar surface area (TPSA) is 64.3 Å². The third-order valence-corrected chi connectivity index (χ3v) is 1.90. The quantitative estimate of drug-likeness (QED) is 0.342. The maximum absolute atomic E-state index is 10.6. The Balaban J connectivity index is 1.90. The lowest BCUT2D eigenvalue weighted by atomic mass is 9.96. The molecule has 0 saturated heterocycles. The molecule has 0 aliphatic heterocycles. The first-order valence-electron chi connectivity index (χ1n) is 3.94. The normalized spacial score (nSPS) is 17.5. The van der Waals surface area contributed by atoms with Crippen LogP contribution < -0.4 is 11.3 Å². The largest absolute Gasteiger partial charge is 0.378 e. The van der Waals surface area contributed by atoms with E-state index < -0.39 is 0 Å². The maximum atomic E-state index is 10.6. The second-order valence-corrected chi connectivity index (χ2v) is 2.74. The van der Waals surface area contributed by atoms with Crippen LogP contribution in [0.5, 0.6) is 0 Å². The van der Waals surface area contributed by atoms with Gasteiger partial charge in [-0.15, -0.1) is 0 Å². The Morgan fingerprint density at radius 2 is 2.36 bits per heavy atom. The van der Waals surface area contributed by atoms with Crippen LogP contribution in [0.4, 0.5) is 0 Å². The summed E-state index contributed by atoms with van der Waals surface area (Å²) in [5.74, 6) is 4.72. The average Bonchev–Trinajstić information content (AvgIpc) is 1.94. The molecule has 0 bridgehead atoms. The van der Waals surface area contributed by atoms with E-state index in [9.17, 15) is 4.79 Å². The standard InChI is InChI=1S/C7H14N2O2/c8-9-7(10)4-5-11-6-2-1-3-6/h6H,1-5,8H2,(H,9,10). The summed E-state index contributed by atoms with van der Waals surface area (Å²) >= 11 is 0. The first-order chi connectivity index (χ1) is 5.33. The number of ether oxygens (including phenoxy) is 1. The number of hydrogen-bond donors (Lipinski definition) is 2. The van der Waals surface area contributed by atoms with E-state index in [-0.39, 0.29) is 5.91 Å². The maximum Gasteiger partial charge on any atom is 0.236 e. The van der Waals surface area contributed by atoms with Gasteiger partial charge in [-0.05, 0) is 19.3 Å². The van der Waals surface area contributed by atoms with E-state index in [0.29, 0.717) is 19.1 Å². The molecule has 3 N–H and O–H groups in total. The van der Waals surface area contributed by atoms with Gasteiger partial charge in [-0.1, -0.05) is 0 Å². The van der Waals surface area contributed by atoms with E-state index in [1.54, 1.807) is 0 Å². The predicted molar refractivity (Wildman–Crippen MR) is 40.5 cm³/mol. The number of amides is 1. The van der Waals surface area contributed by atoms with Gasteiger partial charge in [-0.25, -0.2) is 5.84 Å². The molecule has 4 heteroatoms.